The Hall–Kier alpha value is -1.17. The zero-order valence-electron chi connectivity index (χ0n) is 6.44. The number of aromatic nitrogens is 1. The van der Waals surface area contributed by atoms with Gasteiger partial charge in [-0.2, -0.15) is 5.26 Å². The summed E-state index contributed by atoms with van der Waals surface area (Å²) in [6.07, 6.45) is 0. The second-order valence-electron chi connectivity index (χ2n) is 2.65. The SMILES string of the molecule is N#Cc1cc2cc(Cl)c(Cl)cc2[nH]1. The smallest absolute Gasteiger partial charge is 0.118 e. The number of rotatable bonds is 0. The first-order valence-corrected chi connectivity index (χ1v) is 4.34. The Balaban J connectivity index is 2.79. The number of aromatic amines is 1. The van der Waals surface area contributed by atoms with Gasteiger partial charge in [0.2, 0.25) is 0 Å². The predicted octanol–water partition coefficient (Wildman–Crippen LogP) is 3.35. The Morgan fingerprint density at radius 2 is 1.85 bits per heavy atom. The van der Waals surface area contributed by atoms with Crippen LogP contribution in [0, 0.1) is 11.3 Å². The molecule has 1 aromatic carbocycles. The van der Waals surface area contributed by atoms with Gasteiger partial charge in [0.05, 0.1) is 10.0 Å². The van der Waals surface area contributed by atoms with Crippen molar-refractivity contribution in [2.45, 2.75) is 0 Å². The molecule has 4 heteroatoms. The monoisotopic (exact) mass is 210 g/mol. The van der Waals surface area contributed by atoms with Gasteiger partial charge in [0.15, 0.2) is 0 Å². The van der Waals surface area contributed by atoms with Gasteiger partial charge >= 0.3 is 0 Å². The summed E-state index contributed by atoms with van der Waals surface area (Å²) in [7, 11) is 0. The quantitative estimate of drug-likeness (QED) is 0.712. The van der Waals surface area contributed by atoms with Gasteiger partial charge in [-0.15, -0.1) is 0 Å². The lowest BCUT2D eigenvalue weighted by Gasteiger charge is -1.94. The summed E-state index contributed by atoms with van der Waals surface area (Å²) in [5.41, 5.74) is 1.33. The van der Waals surface area contributed by atoms with Crippen molar-refractivity contribution >= 4 is 34.1 Å². The third kappa shape index (κ3) is 1.37. The molecular formula is C9H4Cl2N2. The number of nitrogens with zero attached hydrogens (tertiary/aromatic N) is 1. The lowest BCUT2D eigenvalue weighted by Crippen LogP contribution is -1.71. The van der Waals surface area contributed by atoms with Crippen LogP contribution in [0.25, 0.3) is 10.9 Å². The molecule has 2 nitrogen and oxygen atoms in total. The average Bonchev–Trinajstić information content (AvgIpc) is 2.48. The topological polar surface area (TPSA) is 39.6 Å². The fourth-order valence-corrected chi connectivity index (χ4v) is 1.52. The average molecular weight is 211 g/mol. The van der Waals surface area contributed by atoms with E-state index >= 15 is 0 Å². The van der Waals surface area contributed by atoms with Crippen LogP contribution in [0.1, 0.15) is 5.69 Å². The van der Waals surface area contributed by atoms with Gasteiger partial charge in [-0.25, -0.2) is 0 Å². The molecule has 0 bridgehead atoms. The van der Waals surface area contributed by atoms with Crippen LogP contribution in [0.4, 0.5) is 0 Å². The van der Waals surface area contributed by atoms with Crippen LogP contribution in [0.5, 0.6) is 0 Å². The maximum atomic E-state index is 8.63. The third-order valence-corrected chi connectivity index (χ3v) is 2.50. The number of nitrogens with one attached hydrogen (secondary N) is 1. The molecule has 0 spiro atoms. The Morgan fingerprint density at radius 1 is 1.15 bits per heavy atom. The van der Waals surface area contributed by atoms with E-state index in [0.717, 1.165) is 10.9 Å². The number of benzene rings is 1. The zero-order valence-corrected chi connectivity index (χ0v) is 7.95. The highest BCUT2D eigenvalue weighted by Gasteiger charge is 2.03. The Morgan fingerprint density at radius 3 is 2.54 bits per heavy atom. The minimum Gasteiger partial charge on any atom is -0.346 e. The molecule has 1 heterocycles. The Bertz CT molecular complexity index is 469. The third-order valence-electron chi connectivity index (χ3n) is 1.78. The zero-order chi connectivity index (χ0) is 9.42. The van der Waals surface area contributed by atoms with Gasteiger partial charge in [0, 0.05) is 10.9 Å². The minimum atomic E-state index is 0.487. The molecule has 13 heavy (non-hydrogen) atoms. The molecule has 1 aromatic heterocycles. The van der Waals surface area contributed by atoms with Crippen molar-refractivity contribution in [3.63, 3.8) is 0 Å². The van der Waals surface area contributed by atoms with Crippen molar-refractivity contribution in [1.82, 2.24) is 4.98 Å². The maximum absolute atomic E-state index is 8.63. The van der Waals surface area contributed by atoms with Crippen LogP contribution >= 0.6 is 23.2 Å². The van der Waals surface area contributed by atoms with Gasteiger partial charge in [0.25, 0.3) is 0 Å². The van der Waals surface area contributed by atoms with E-state index in [2.05, 4.69) is 4.98 Å². The van der Waals surface area contributed by atoms with E-state index in [4.69, 9.17) is 28.5 Å². The fourth-order valence-electron chi connectivity index (χ4n) is 1.19. The number of hydrogen-bond acceptors (Lipinski definition) is 1. The van der Waals surface area contributed by atoms with E-state index < -0.39 is 0 Å². The Labute approximate surface area is 84.7 Å². The van der Waals surface area contributed by atoms with Crippen molar-refractivity contribution in [1.29, 1.82) is 5.26 Å². The lowest BCUT2D eigenvalue weighted by molar-refractivity contribution is 1.37. The fraction of sp³-hybridized carbons (Fsp3) is 0. The molecule has 2 aromatic rings. The highest BCUT2D eigenvalue weighted by atomic mass is 35.5. The molecule has 0 aliphatic rings. The molecule has 0 radical (unpaired) electrons. The molecule has 2 rings (SSSR count). The molecular weight excluding hydrogens is 207 g/mol. The molecule has 0 saturated heterocycles. The summed E-state index contributed by atoms with van der Waals surface area (Å²) in [5.74, 6) is 0. The van der Waals surface area contributed by atoms with Crippen LogP contribution in [0.3, 0.4) is 0 Å². The Kier molecular flexibility index (Phi) is 1.91. The second kappa shape index (κ2) is 2.95. The minimum absolute atomic E-state index is 0.487. The van der Waals surface area contributed by atoms with E-state index in [1.165, 1.54) is 0 Å². The predicted molar refractivity (Wildman–Crippen MR) is 53.0 cm³/mol. The van der Waals surface area contributed by atoms with Crippen LogP contribution in [0.15, 0.2) is 18.2 Å². The summed E-state index contributed by atoms with van der Waals surface area (Å²) < 4.78 is 0. The van der Waals surface area contributed by atoms with Gasteiger partial charge < -0.3 is 4.98 Å². The molecule has 64 valence electrons. The molecule has 0 aliphatic heterocycles. The summed E-state index contributed by atoms with van der Waals surface area (Å²) in [4.78, 5) is 2.91. The molecule has 0 unspecified atom stereocenters. The number of nitriles is 1. The second-order valence-corrected chi connectivity index (χ2v) is 3.46. The van der Waals surface area contributed by atoms with Crippen LogP contribution < -0.4 is 0 Å². The van der Waals surface area contributed by atoms with Gasteiger partial charge in [-0.05, 0) is 18.2 Å². The number of hydrogen-bond donors (Lipinski definition) is 1. The van der Waals surface area contributed by atoms with E-state index in [1.807, 2.05) is 6.07 Å². The van der Waals surface area contributed by atoms with E-state index in [0.29, 0.717) is 15.7 Å². The van der Waals surface area contributed by atoms with Crippen molar-refractivity contribution in [3.8, 4) is 6.07 Å². The standard InChI is InChI=1S/C9H4Cl2N2/c10-7-2-5-1-6(4-12)13-9(5)3-8(7)11/h1-3,13H. The van der Waals surface area contributed by atoms with Gasteiger partial charge in [-0.3, -0.25) is 0 Å². The van der Waals surface area contributed by atoms with Gasteiger partial charge in [0.1, 0.15) is 11.8 Å². The van der Waals surface area contributed by atoms with Crippen molar-refractivity contribution in [2.24, 2.45) is 0 Å². The highest BCUT2D eigenvalue weighted by Crippen LogP contribution is 2.27. The summed E-state index contributed by atoms with van der Waals surface area (Å²) in [5, 5.41) is 10.5. The largest absolute Gasteiger partial charge is 0.346 e. The number of halogens is 2. The number of H-pyrrole nitrogens is 1. The van der Waals surface area contributed by atoms with E-state index in [-0.39, 0.29) is 0 Å². The van der Waals surface area contributed by atoms with E-state index in [1.54, 1.807) is 18.2 Å². The maximum Gasteiger partial charge on any atom is 0.118 e. The lowest BCUT2D eigenvalue weighted by atomic mass is 10.2. The number of fused-ring (bicyclic) bond motifs is 1. The summed E-state index contributed by atoms with van der Waals surface area (Å²) in [6, 6.07) is 7.19. The molecule has 0 fully saturated rings. The summed E-state index contributed by atoms with van der Waals surface area (Å²) in [6.45, 7) is 0. The van der Waals surface area contributed by atoms with Crippen molar-refractivity contribution in [2.75, 3.05) is 0 Å². The molecule has 0 aliphatic carbocycles. The van der Waals surface area contributed by atoms with Crippen molar-refractivity contribution in [3.05, 3.63) is 33.9 Å². The van der Waals surface area contributed by atoms with E-state index in [9.17, 15) is 0 Å². The van der Waals surface area contributed by atoms with Crippen LogP contribution in [0.2, 0.25) is 10.0 Å². The molecule has 0 atom stereocenters. The first-order valence-electron chi connectivity index (χ1n) is 3.58. The normalized spacial score (nSPS) is 10.2. The van der Waals surface area contributed by atoms with Crippen LogP contribution in [-0.2, 0) is 0 Å². The first kappa shape index (κ1) is 8.43. The molecule has 1 N–H and O–H groups in total. The summed E-state index contributed by atoms with van der Waals surface area (Å²) >= 11 is 11.6. The van der Waals surface area contributed by atoms with Gasteiger partial charge in [-0.1, -0.05) is 23.2 Å². The van der Waals surface area contributed by atoms with Crippen LogP contribution in [-0.4, -0.2) is 4.98 Å². The molecule has 0 amide bonds. The first-order chi connectivity index (χ1) is 6.20. The molecule has 0 saturated carbocycles. The van der Waals surface area contributed by atoms with Crippen molar-refractivity contribution < 1.29 is 0 Å². The highest BCUT2D eigenvalue weighted by molar-refractivity contribution is 6.42.